The molecular formula is C20H26N2O5. The van der Waals surface area contributed by atoms with E-state index in [1.807, 2.05) is 58.0 Å². The first-order valence-corrected chi connectivity index (χ1v) is 8.81. The molecule has 1 heterocycles. The topological polar surface area (TPSA) is 77.4 Å². The van der Waals surface area contributed by atoms with Crippen molar-refractivity contribution >= 4 is 17.8 Å². The summed E-state index contributed by atoms with van der Waals surface area (Å²) in [5.41, 5.74) is 0.788. The van der Waals surface area contributed by atoms with Gasteiger partial charge >= 0.3 is 11.9 Å². The number of esters is 2. The van der Waals surface area contributed by atoms with Gasteiger partial charge in [-0.15, -0.1) is 5.10 Å². The summed E-state index contributed by atoms with van der Waals surface area (Å²) in [6, 6.07) is 9.27. The van der Waals surface area contributed by atoms with Crippen LogP contribution < -0.4 is 0 Å². The first kappa shape index (κ1) is 20.5. The summed E-state index contributed by atoms with van der Waals surface area (Å²) < 4.78 is 15.8. The zero-order chi connectivity index (χ0) is 20.1. The van der Waals surface area contributed by atoms with Crippen LogP contribution in [0.4, 0.5) is 0 Å². The Morgan fingerprint density at radius 1 is 1.00 bits per heavy atom. The number of benzene rings is 1. The normalized spacial score (nSPS) is 18.1. The van der Waals surface area contributed by atoms with Crippen LogP contribution in [0.3, 0.4) is 0 Å². The monoisotopic (exact) mass is 374 g/mol. The van der Waals surface area contributed by atoms with Crippen molar-refractivity contribution in [3.05, 3.63) is 47.0 Å². The lowest BCUT2D eigenvalue weighted by molar-refractivity contribution is -0.139. The molecule has 27 heavy (non-hydrogen) atoms. The second-order valence-electron chi connectivity index (χ2n) is 6.65. The van der Waals surface area contributed by atoms with Crippen molar-refractivity contribution in [1.29, 1.82) is 0 Å². The Balaban J connectivity index is 2.66. The maximum Gasteiger partial charge on any atom is 0.344 e. The van der Waals surface area contributed by atoms with Gasteiger partial charge in [0, 0.05) is 12.1 Å². The van der Waals surface area contributed by atoms with E-state index in [1.54, 1.807) is 5.01 Å². The average molecular weight is 374 g/mol. The van der Waals surface area contributed by atoms with Crippen LogP contribution in [0.1, 0.15) is 39.4 Å². The van der Waals surface area contributed by atoms with E-state index in [2.05, 4.69) is 5.10 Å². The van der Waals surface area contributed by atoms with E-state index in [0.29, 0.717) is 5.56 Å². The summed E-state index contributed by atoms with van der Waals surface area (Å²) in [4.78, 5) is 25.0. The molecule has 0 saturated carbocycles. The third kappa shape index (κ3) is 4.30. The van der Waals surface area contributed by atoms with Gasteiger partial charge in [0.1, 0.15) is 11.1 Å². The Morgan fingerprint density at radius 3 is 2.04 bits per heavy atom. The molecule has 0 amide bonds. The summed E-state index contributed by atoms with van der Waals surface area (Å²) in [6.45, 7) is 7.93. The number of ether oxygens (including phenoxy) is 3. The van der Waals surface area contributed by atoms with Crippen molar-refractivity contribution in [2.45, 2.75) is 45.9 Å². The van der Waals surface area contributed by atoms with E-state index in [4.69, 9.17) is 14.2 Å². The van der Waals surface area contributed by atoms with E-state index < -0.39 is 18.0 Å². The van der Waals surface area contributed by atoms with Crippen LogP contribution in [0.25, 0.3) is 0 Å². The average Bonchev–Trinajstić information content (AvgIpc) is 3.04. The summed E-state index contributed by atoms with van der Waals surface area (Å²) >= 11 is 0. The van der Waals surface area contributed by atoms with Crippen LogP contribution >= 0.6 is 0 Å². The van der Waals surface area contributed by atoms with Crippen LogP contribution in [0.5, 0.6) is 0 Å². The minimum Gasteiger partial charge on any atom is -0.466 e. The number of hydrogen-bond donors (Lipinski definition) is 0. The lowest BCUT2D eigenvalue weighted by Gasteiger charge is -2.28. The van der Waals surface area contributed by atoms with Crippen molar-refractivity contribution < 1.29 is 23.8 Å². The van der Waals surface area contributed by atoms with Gasteiger partial charge < -0.3 is 14.2 Å². The highest BCUT2D eigenvalue weighted by atomic mass is 16.5. The molecule has 0 fully saturated rings. The molecule has 1 aromatic rings. The van der Waals surface area contributed by atoms with Crippen LogP contribution in [-0.2, 0) is 23.8 Å². The molecule has 0 aromatic heterocycles. The summed E-state index contributed by atoms with van der Waals surface area (Å²) in [6.07, 6.45) is -0.798. The molecule has 1 aliphatic heterocycles. The Morgan fingerprint density at radius 2 is 1.56 bits per heavy atom. The van der Waals surface area contributed by atoms with Crippen LogP contribution in [0.15, 0.2) is 46.6 Å². The molecule has 0 bridgehead atoms. The van der Waals surface area contributed by atoms with E-state index >= 15 is 0 Å². The standard InChI is InChI=1S/C20H26N2O5/c1-12(2)22(13(3)4)21-18-16(20(24)26-6)15(19(23)25-5)17(27-18)14-10-8-7-9-11-14/h7-13,17H,1-6H3/b21-18-. The maximum absolute atomic E-state index is 12.5. The second-order valence-corrected chi connectivity index (χ2v) is 6.65. The van der Waals surface area contributed by atoms with Gasteiger partial charge in [0.05, 0.1) is 14.2 Å². The predicted octanol–water partition coefficient (Wildman–Crippen LogP) is 2.83. The van der Waals surface area contributed by atoms with E-state index in [-0.39, 0.29) is 29.1 Å². The van der Waals surface area contributed by atoms with Crippen molar-refractivity contribution in [3.63, 3.8) is 0 Å². The molecule has 7 nitrogen and oxygen atoms in total. The third-order valence-corrected chi connectivity index (χ3v) is 4.14. The zero-order valence-corrected chi connectivity index (χ0v) is 16.6. The van der Waals surface area contributed by atoms with Crippen LogP contribution in [-0.4, -0.2) is 49.1 Å². The van der Waals surface area contributed by atoms with Gasteiger partial charge in [0.25, 0.3) is 0 Å². The largest absolute Gasteiger partial charge is 0.466 e. The molecule has 2 rings (SSSR count). The second kappa shape index (κ2) is 8.70. The predicted molar refractivity (Wildman–Crippen MR) is 101 cm³/mol. The minimum absolute atomic E-state index is 0.00972. The number of methoxy groups -OCH3 is 2. The summed E-state index contributed by atoms with van der Waals surface area (Å²) in [5, 5.41) is 6.34. The minimum atomic E-state index is -0.798. The quantitative estimate of drug-likeness (QED) is 0.563. The fourth-order valence-electron chi connectivity index (χ4n) is 2.96. The Hall–Kier alpha value is -2.83. The SMILES string of the molecule is COC(=O)C1=C(C(=O)OC)C(c2ccccc2)O/C1=N\N(C(C)C)C(C)C. The number of hydrazone groups is 1. The van der Waals surface area contributed by atoms with Crippen molar-refractivity contribution in [1.82, 2.24) is 5.01 Å². The molecule has 0 spiro atoms. The highest BCUT2D eigenvalue weighted by Gasteiger charge is 2.43. The van der Waals surface area contributed by atoms with E-state index in [1.165, 1.54) is 14.2 Å². The highest BCUT2D eigenvalue weighted by Crippen LogP contribution is 2.37. The molecule has 1 aliphatic rings. The Bertz CT molecular complexity index is 745. The molecule has 0 aliphatic carbocycles. The Labute approximate surface area is 159 Å². The lowest BCUT2D eigenvalue weighted by Crippen LogP contribution is -2.34. The molecule has 1 unspecified atom stereocenters. The summed E-state index contributed by atoms with van der Waals surface area (Å²) in [7, 11) is 2.51. The van der Waals surface area contributed by atoms with E-state index in [9.17, 15) is 9.59 Å². The third-order valence-electron chi connectivity index (χ3n) is 4.14. The first-order chi connectivity index (χ1) is 12.8. The fraction of sp³-hybridized carbons (Fsp3) is 0.450. The molecule has 1 atom stereocenters. The van der Waals surface area contributed by atoms with Gasteiger partial charge in [0.15, 0.2) is 6.10 Å². The molecule has 0 N–H and O–H groups in total. The lowest BCUT2D eigenvalue weighted by atomic mass is 9.99. The van der Waals surface area contributed by atoms with Gasteiger partial charge in [0.2, 0.25) is 5.90 Å². The van der Waals surface area contributed by atoms with E-state index in [0.717, 1.165) is 0 Å². The molecular weight excluding hydrogens is 348 g/mol. The zero-order valence-electron chi connectivity index (χ0n) is 16.6. The molecule has 7 heteroatoms. The van der Waals surface area contributed by atoms with Gasteiger partial charge in [-0.05, 0) is 33.3 Å². The van der Waals surface area contributed by atoms with Gasteiger partial charge in [-0.2, -0.15) is 0 Å². The molecule has 0 radical (unpaired) electrons. The molecule has 146 valence electrons. The maximum atomic E-state index is 12.5. The fourth-order valence-corrected chi connectivity index (χ4v) is 2.96. The number of nitrogens with zero attached hydrogens (tertiary/aromatic N) is 2. The highest BCUT2D eigenvalue weighted by molar-refractivity contribution is 6.23. The van der Waals surface area contributed by atoms with Crippen LogP contribution in [0.2, 0.25) is 0 Å². The van der Waals surface area contributed by atoms with Crippen LogP contribution in [0, 0.1) is 0 Å². The smallest absolute Gasteiger partial charge is 0.344 e. The van der Waals surface area contributed by atoms with Gasteiger partial charge in [-0.25, -0.2) is 9.59 Å². The molecule has 1 aromatic carbocycles. The summed E-state index contributed by atoms with van der Waals surface area (Å²) in [5.74, 6) is -1.30. The number of rotatable bonds is 6. The van der Waals surface area contributed by atoms with Gasteiger partial charge in [-0.1, -0.05) is 30.3 Å². The first-order valence-electron chi connectivity index (χ1n) is 8.81. The van der Waals surface area contributed by atoms with Crippen molar-refractivity contribution in [2.75, 3.05) is 14.2 Å². The number of carbonyl (C=O) groups excluding carboxylic acids is 2. The van der Waals surface area contributed by atoms with Crippen molar-refractivity contribution in [3.8, 4) is 0 Å². The number of hydrogen-bond acceptors (Lipinski definition) is 7. The van der Waals surface area contributed by atoms with Gasteiger partial charge in [-0.3, -0.25) is 5.01 Å². The molecule has 0 saturated heterocycles. The Kier molecular flexibility index (Phi) is 6.60. The number of carbonyl (C=O) groups is 2. The van der Waals surface area contributed by atoms with Crippen molar-refractivity contribution in [2.24, 2.45) is 5.10 Å².